The molecule has 2 aromatic rings. The molecule has 0 atom stereocenters. The number of aromatic nitrogens is 1. The first-order valence-electron chi connectivity index (χ1n) is 6.68. The van der Waals surface area contributed by atoms with Crippen LogP contribution in [0.5, 0.6) is 0 Å². The SMILES string of the molecule is COC(=O)c1cc2c(F)c(Br)c(F)c(F)c2n1C(=O)OC(C)(C)C. The molecule has 0 fully saturated rings. The molecule has 130 valence electrons. The van der Waals surface area contributed by atoms with Crippen LogP contribution in [0.15, 0.2) is 10.5 Å². The fourth-order valence-electron chi connectivity index (χ4n) is 2.06. The van der Waals surface area contributed by atoms with Gasteiger partial charge in [0.2, 0.25) is 0 Å². The number of carbonyl (C=O) groups excluding carboxylic acids is 2. The monoisotopic (exact) mass is 407 g/mol. The molecule has 0 aliphatic rings. The van der Waals surface area contributed by atoms with E-state index in [0.29, 0.717) is 4.57 Å². The maximum Gasteiger partial charge on any atom is 0.419 e. The Morgan fingerprint density at radius 2 is 1.71 bits per heavy atom. The lowest BCUT2D eigenvalue weighted by atomic mass is 10.2. The third-order valence-electron chi connectivity index (χ3n) is 2.99. The number of nitrogens with zero attached hydrogens (tertiary/aromatic N) is 1. The number of halogens is 4. The van der Waals surface area contributed by atoms with Crippen molar-refractivity contribution in [1.82, 2.24) is 4.57 Å². The van der Waals surface area contributed by atoms with Crippen LogP contribution in [0.25, 0.3) is 10.9 Å². The van der Waals surface area contributed by atoms with Gasteiger partial charge in [-0.05, 0) is 42.8 Å². The molecule has 0 aliphatic heterocycles. The molecule has 0 aliphatic carbocycles. The van der Waals surface area contributed by atoms with Crippen molar-refractivity contribution < 1.29 is 32.2 Å². The molecule has 0 radical (unpaired) electrons. The summed E-state index contributed by atoms with van der Waals surface area (Å²) >= 11 is 2.59. The van der Waals surface area contributed by atoms with E-state index in [2.05, 4.69) is 20.7 Å². The summed E-state index contributed by atoms with van der Waals surface area (Å²) in [7, 11) is 1.03. The lowest BCUT2D eigenvalue weighted by Crippen LogP contribution is -2.29. The molecule has 9 heteroatoms. The van der Waals surface area contributed by atoms with Crippen molar-refractivity contribution in [3.8, 4) is 0 Å². The molecule has 0 bridgehead atoms. The first-order chi connectivity index (χ1) is 11.0. The van der Waals surface area contributed by atoms with Crippen LogP contribution >= 0.6 is 15.9 Å². The largest absolute Gasteiger partial charge is 0.464 e. The van der Waals surface area contributed by atoms with Gasteiger partial charge in [-0.2, -0.15) is 0 Å². The zero-order valence-corrected chi connectivity index (χ0v) is 14.8. The first kappa shape index (κ1) is 18.3. The molecule has 0 N–H and O–H groups in total. The van der Waals surface area contributed by atoms with Gasteiger partial charge >= 0.3 is 12.1 Å². The number of fused-ring (bicyclic) bond motifs is 1. The number of esters is 1. The molecule has 1 heterocycles. The lowest BCUT2D eigenvalue weighted by molar-refractivity contribution is 0.0489. The maximum absolute atomic E-state index is 14.3. The highest BCUT2D eigenvalue weighted by atomic mass is 79.9. The van der Waals surface area contributed by atoms with Crippen LogP contribution in [0.3, 0.4) is 0 Å². The highest BCUT2D eigenvalue weighted by Crippen LogP contribution is 2.34. The van der Waals surface area contributed by atoms with Crippen molar-refractivity contribution in [3.63, 3.8) is 0 Å². The summed E-state index contributed by atoms with van der Waals surface area (Å²) < 4.78 is 51.7. The van der Waals surface area contributed by atoms with E-state index < -0.39 is 56.2 Å². The Morgan fingerprint density at radius 1 is 1.12 bits per heavy atom. The van der Waals surface area contributed by atoms with Crippen LogP contribution in [0, 0.1) is 17.5 Å². The second kappa shape index (κ2) is 6.12. The topological polar surface area (TPSA) is 57.5 Å². The Bertz CT molecular complexity index is 855. The third-order valence-corrected chi connectivity index (χ3v) is 3.69. The molecule has 2 rings (SSSR count). The summed E-state index contributed by atoms with van der Waals surface area (Å²) in [5, 5.41) is -0.466. The zero-order chi connectivity index (χ0) is 18.4. The van der Waals surface area contributed by atoms with Gasteiger partial charge in [-0.1, -0.05) is 0 Å². The van der Waals surface area contributed by atoms with E-state index in [1.54, 1.807) is 20.8 Å². The van der Waals surface area contributed by atoms with Gasteiger partial charge in [0.1, 0.15) is 22.6 Å². The predicted molar refractivity (Wildman–Crippen MR) is 82.5 cm³/mol. The lowest BCUT2D eigenvalue weighted by Gasteiger charge is -2.20. The Hall–Kier alpha value is -2.03. The van der Waals surface area contributed by atoms with Crippen LogP contribution in [0.2, 0.25) is 0 Å². The Labute approximate surface area is 143 Å². The van der Waals surface area contributed by atoms with Gasteiger partial charge in [-0.3, -0.25) is 0 Å². The van der Waals surface area contributed by atoms with Crippen LogP contribution in [0.1, 0.15) is 31.3 Å². The Morgan fingerprint density at radius 3 is 2.21 bits per heavy atom. The fourth-order valence-corrected chi connectivity index (χ4v) is 2.45. The van der Waals surface area contributed by atoms with Gasteiger partial charge in [-0.25, -0.2) is 27.3 Å². The second-order valence-electron chi connectivity index (χ2n) is 5.86. The van der Waals surface area contributed by atoms with E-state index in [1.165, 1.54) is 0 Å². The summed E-state index contributed by atoms with van der Waals surface area (Å²) in [4.78, 5) is 24.2. The van der Waals surface area contributed by atoms with Gasteiger partial charge in [-0.15, -0.1) is 0 Å². The Kier molecular flexibility index (Phi) is 4.67. The third kappa shape index (κ3) is 3.00. The maximum atomic E-state index is 14.3. The molecule has 24 heavy (non-hydrogen) atoms. The van der Waals surface area contributed by atoms with Crippen LogP contribution in [-0.4, -0.2) is 29.3 Å². The number of rotatable bonds is 1. The highest BCUT2D eigenvalue weighted by Gasteiger charge is 2.31. The fraction of sp³-hybridized carbons (Fsp3) is 0.333. The molecular weight excluding hydrogens is 395 g/mol. The van der Waals surface area contributed by atoms with Gasteiger partial charge in [0.05, 0.1) is 11.6 Å². The highest BCUT2D eigenvalue weighted by molar-refractivity contribution is 9.10. The van der Waals surface area contributed by atoms with Crippen molar-refractivity contribution in [3.05, 3.63) is 33.7 Å². The summed E-state index contributed by atoms with van der Waals surface area (Å²) in [6, 6.07) is 0.897. The van der Waals surface area contributed by atoms with E-state index in [-0.39, 0.29) is 0 Å². The normalized spacial score (nSPS) is 11.7. The van der Waals surface area contributed by atoms with Gasteiger partial charge in [0.15, 0.2) is 11.6 Å². The molecule has 1 aromatic carbocycles. The van der Waals surface area contributed by atoms with Crippen molar-refractivity contribution >= 4 is 38.9 Å². The average Bonchev–Trinajstić information content (AvgIpc) is 2.89. The first-order valence-corrected chi connectivity index (χ1v) is 7.48. The molecule has 0 amide bonds. The summed E-state index contributed by atoms with van der Waals surface area (Å²) in [5.41, 5.74) is -2.22. The molecule has 0 unspecified atom stereocenters. The quantitative estimate of drug-likeness (QED) is 0.399. The van der Waals surface area contributed by atoms with Crippen molar-refractivity contribution in [1.29, 1.82) is 0 Å². The van der Waals surface area contributed by atoms with Crippen molar-refractivity contribution in [2.75, 3.05) is 7.11 Å². The molecule has 0 saturated carbocycles. The van der Waals surface area contributed by atoms with Gasteiger partial charge in [0.25, 0.3) is 0 Å². The summed E-state index contributed by atoms with van der Waals surface area (Å²) in [6.45, 7) is 4.63. The average molecular weight is 408 g/mol. The van der Waals surface area contributed by atoms with Crippen molar-refractivity contribution in [2.24, 2.45) is 0 Å². The molecular formula is C15H13BrF3NO4. The van der Waals surface area contributed by atoms with E-state index in [9.17, 15) is 22.8 Å². The van der Waals surface area contributed by atoms with E-state index >= 15 is 0 Å². The van der Waals surface area contributed by atoms with Crippen LogP contribution in [-0.2, 0) is 9.47 Å². The van der Waals surface area contributed by atoms with Crippen molar-refractivity contribution in [2.45, 2.75) is 26.4 Å². The molecule has 1 aromatic heterocycles. The number of benzene rings is 1. The molecule has 0 spiro atoms. The number of hydrogen-bond donors (Lipinski definition) is 0. The summed E-state index contributed by atoms with van der Waals surface area (Å²) in [6.07, 6.45) is -1.17. The Balaban J connectivity index is 2.89. The van der Waals surface area contributed by atoms with E-state index in [0.717, 1.165) is 13.2 Å². The zero-order valence-electron chi connectivity index (χ0n) is 13.2. The summed E-state index contributed by atoms with van der Waals surface area (Å²) in [5.74, 6) is -5.22. The minimum atomic E-state index is -1.53. The second-order valence-corrected chi connectivity index (χ2v) is 6.65. The number of hydrogen-bond acceptors (Lipinski definition) is 4. The number of methoxy groups -OCH3 is 1. The van der Waals surface area contributed by atoms with E-state index in [1.807, 2.05) is 0 Å². The van der Waals surface area contributed by atoms with Gasteiger partial charge < -0.3 is 9.47 Å². The number of ether oxygens (including phenoxy) is 2. The standard InChI is InChI=1S/C15H13BrF3NO4/c1-15(2,3)24-14(22)20-7(13(21)23-4)5-6-9(17)8(16)10(18)11(19)12(6)20/h5H,1-4H3. The molecule has 5 nitrogen and oxygen atoms in total. The van der Waals surface area contributed by atoms with Gasteiger partial charge in [0, 0.05) is 5.39 Å². The minimum Gasteiger partial charge on any atom is -0.464 e. The van der Waals surface area contributed by atoms with Crippen LogP contribution in [0.4, 0.5) is 18.0 Å². The number of carbonyl (C=O) groups is 2. The molecule has 0 saturated heterocycles. The smallest absolute Gasteiger partial charge is 0.419 e. The minimum absolute atomic E-state index is 0.459. The van der Waals surface area contributed by atoms with Crippen LogP contribution < -0.4 is 0 Å². The predicted octanol–water partition coefficient (Wildman–Crippen LogP) is 4.39. The van der Waals surface area contributed by atoms with E-state index in [4.69, 9.17) is 4.74 Å².